The molecule has 4 aromatic carbocycles. The van der Waals surface area contributed by atoms with Crippen LogP contribution >= 0.6 is 58.2 Å². The van der Waals surface area contributed by atoms with Gasteiger partial charge in [-0.3, -0.25) is 23.4 Å². The van der Waals surface area contributed by atoms with E-state index in [1.165, 1.54) is 0 Å². The number of thioether (sulfide) groups is 1. The van der Waals surface area contributed by atoms with Crippen LogP contribution in [0.4, 0.5) is 11.4 Å². The first-order valence-electron chi connectivity index (χ1n) is 31.5. The number of aromatic nitrogens is 4. The van der Waals surface area contributed by atoms with E-state index in [1.807, 2.05) is 115 Å². The highest BCUT2D eigenvalue weighted by atomic mass is 35.5. The van der Waals surface area contributed by atoms with Crippen molar-refractivity contribution >= 4 is 126 Å². The fourth-order valence-corrected chi connectivity index (χ4v) is 16.3. The Kier molecular flexibility index (Phi) is 22.2. The molecule has 4 amide bonds. The molecule has 2 aliphatic heterocycles. The molecule has 2 aromatic heterocycles. The van der Waals surface area contributed by atoms with E-state index in [0.29, 0.717) is 86.1 Å². The highest BCUT2D eigenvalue weighted by molar-refractivity contribution is 7.99. The van der Waals surface area contributed by atoms with Gasteiger partial charge in [-0.15, -0.1) is 0 Å². The van der Waals surface area contributed by atoms with Crippen molar-refractivity contribution in [2.45, 2.75) is 170 Å². The summed E-state index contributed by atoms with van der Waals surface area (Å²) in [5.41, 5.74) is 8.39. The molecule has 2 saturated carbocycles. The predicted molar refractivity (Wildman–Crippen MR) is 369 cm³/mol. The third-order valence-electron chi connectivity index (χ3n) is 18.6. The molecule has 4 fully saturated rings. The van der Waals surface area contributed by atoms with Crippen LogP contribution in [0, 0.1) is 22.7 Å². The van der Waals surface area contributed by atoms with E-state index in [1.54, 1.807) is 6.07 Å². The van der Waals surface area contributed by atoms with E-state index in [2.05, 4.69) is 62.6 Å². The van der Waals surface area contributed by atoms with Gasteiger partial charge in [-0.05, 0) is 140 Å². The number of aryl methyl sites for hydroxylation is 2. The van der Waals surface area contributed by atoms with E-state index in [4.69, 9.17) is 56.4 Å². The first-order chi connectivity index (χ1) is 42.1. The molecule has 4 N–H and O–H groups in total. The van der Waals surface area contributed by atoms with Crippen LogP contribution in [-0.4, -0.2) is 108 Å². The van der Waals surface area contributed by atoms with E-state index in [9.17, 15) is 23.4 Å². The number of amides is 4. The number of hydrogen-bond donors (Lipinski definition) is 4. The van der Waals surface area contributed by atoms with Gasteiger partial charge in [0.2, 0.25) is 11.8 Å². The number of rotatable bonds is 16. The molecule has 3 unspecified atom stereocenters. The summed E-state index contributed by atoms with van der Waals surface area (Å²) >= 11 is 29.1. The molecule has 15 nitrogen and oxygen atoms in total. The molecule has 4 heterocycles. The SMILES string of the molecule is CC1CCC(NC(=O)c2cc3nc(Cc4c(Cl)ccc(CNC(=O)C(C)(C)C)c4Cl)n(C)c3cc2N(C)C2CCS(=O)C2)CC1.CC1CCC(NC(=O)c2cc3nc(Cc4c(Cl)ccc(CNC(=O)C(C)(C)C)c4Cl)n(C)c3cc2N(C)C2CCSC2)CC1. The van der Waals surface area contributed by atoms with Crippen molar-refractivity contribution in [3.05, 3.63) is 114 Å². The highest BCUT2D eigenvalue weighted by Gasteiger charge is 2.32. The molecule has 89 heavy (non-hydrogen) atoms. The quantitative estimate of drug-likeness (QED) is 0.0730. The Morgan fingerprint density at radius 1 is 0.607 bits per heavy atom. The van der Waals surface area contributed by atoms with Gasteiger partial charge in [0.1, 0.15) is 11.6 Å². The van der Waals surface area contributed by atoms with Crippen molar-refractivity contribution in [2.75, 3.05) is 46.9 Å². The predicted octanol–water partition coefficient (Wildman–Crippen LogP) is 13.8. The fraction of sp³-hybridized carbons (Fsp3) is 0.559. The van der Waals surface area contributed by atoms with Crippen molar-refractivity contribution in [2.24, 2.45) is 36.8 Å². The zero-order valence-electron chi connectivity index (χ0n) is 53.9. The Hall–Kier alpha value is -5.04. The lowest BCUT2D eigenvalue weighted by molar-refractivity contribution is -0.129. The van der Waals surface area contributed by atoms with Gasteiger partial charge in [0, 0.05) is 127 Å². The molecule has 2 saturated heterocycles. The Bertz CT molecular complexity index is 3630. The third kappa shape index (κ3) is 16.2. The Morgan fingerprint density at radius 2 is 1.02 bits per heavy atom. The molecule has 10 rings (SSSR count). The number of carbonyl (C=O) groups is 4. The van der Waals surface area contributed by atoms with Gasteiger partial charge in [0.15, 0.2) is 0 Å². The lowest BCUT2D eigenvalue weighted by Gasteiger charge is -2.30. The van der Waals surface area contributed by atoms with Crippen LogP contribution in [0.25, 0.3) is 22.1 Å². The third-order valence-corrected chi connectivity index (χ3v) is 22.9. The van der Waals surface area contributed by atoms with Crippen LogP contribution in [0.5, 0.6) is 0 Å². The minimum Gasteiger partial charge on any atom is -0.370 e. The number of nitrogens with zero attached hydrogens (tertiary/aromatic N) is 6. The first kappa shape index (κ1) is 68.3. The molecule has 482 valence electrons. The summed E-state index contributed by atoms with van der Waals surface area (Å²) in [6, 6.07) is 16.2. The van der Waals surface area contributed by atoms with Crippen LogP contribution in [-0.2, 0) is 60.4 Å². The number of fused-ring (bicyclic) bond motifs is 2. The average Bonchev–Trinajstić information content (AvgIpc) is 1.78. The van der Waals surface area contributed by atoms with Crippen molar-refractivity contribution in [1.29, 1.82) is 0 Å². The molecule has 0 radical (unpaired) electrons. The molecular weight excluding hydrogens is 1240 g/mol. The fourth-order valence-electron chi connectivity index (χ4n) is 12.4. The minimum atomic E-state index is -0.847. The molecule has 0 bridgehead atoms. The summed E-state index contributed by atoms with van der Waals surface area (Å²) in [5.74, 6) is 6.18. The van der Waals surface area contributed by atoms with E-state index >= 15 is 0 Å². The lowest BCUT2D eigenvalue weighted by atomic mass is 9.87. The Morgan fingerprint density at radius 3 is 1.39 bits per heavy atom. The maximum absolute atomic E-state index is 13.8. The van der Waals surface area contributed by atoms with Gasteiger partial charge in [0.25, 0.3) is 11.8 Å². The summed E-state index contributed by atoms with van der Waals surface area (Å²) in [5, 5.41) is 14.7. The van der Waals surface area contributed by atoms with Gasteiger partial charge in [0.05, 0.1) is 54.6 Å². The lowest BCUT2D eigenvalue weighted by Crippen LogP contribution is -2.39. The summed E-state index contributed by atoms with van der Waals surface area (Å²) < 4.78 is 16.4. The summed E-state index contributed by atoms with van der Waals surface area (Å²) in [6.07, 6.45) is 11.2. The van der Waals surface area contributed by atoms with E-state index < -0.39 is 21.6 Å². The number of halogens is 4. The smallest absolute Gasteiger partial charge is 0.253 e. The standard InChI is InChI=1S/C34H45Cl2N5O3S.C34H45Cl2N5O2S/c1-20-7-10-22(11-8-20)38-32(42)25-15-27-29(17-28(25)40(5)23-13-14-45(44)19-23)41(6)30(39-27)16-24-26(35)12-9-21(31(24)36)18-37-33(43)34(2,3)4;1-20-7-10-22(11-8-20)38-32(42)25-15-27-29(17-28(25)40(5)23-13-14-44-19-23)41(6)30(39-27)16-24-26(35)12-9-21(31(24)36)18-37-33(43)34(2,3)4/h9,12,15,17,20,22-23H,7-8,10-11,13-14,16,18-19H2,1-6H3,(H,37,43)(H,38,42);9,12,15,17,20,22-23H,7-8,10-11,13-14,16,18-19H2,1-6H3,(H,37,43)(H,38,42). The molecule has 0 spiro atoms. The topological polar surface area (TPSA) is 176 Å². The van der Waals surface area contributed by atoms with Gasteiger partial charge < -0.3 is 40.2 Å². The summed E-state index contributed by atoms with van der Waals surface area (Å²) in [7, 11) is 7.21. The molecule has 21 heteroatoms. The summed E-state index contributed by atoms with van der Waals surface area (Å²) in [4.78, 5) is 67.0. The normalized spacial score (nSPS) is 21.3. The first-order valence-corrected chi connectivity index (χ1v) is 35.7. The number of nitrogens with one attached hydrogen (secondary N) is 4. The molecule has 6 aromatic rings. The van der Waals surface area contributed by atoms with Crippen LogP contribution in [0.1, 0.15) is 174 Å². The van der Waals surface area contributed by atoms with Gasteiger partial charge in [-0.1, -0.05) is 114 Å². The Balaban J connectivity index is 0.000000211. The zero-order valence-corrected chi connectivity index (χ0v) is 58.5. The second-order valence-electron chi connectivity index (χ2n) is 27.5. The molecule has 4 aliphatic rings. The van der Waals surface area contributed by atoms with Crippen LogP contribution in [0.15, 0.2) is 48.5 Å². The minimum absolute atomic E-state index is 0.0257. The van der Waals surface area contributed by atoms with Crippen molar-refractivity contribution in [3.63, 3.8) is 0 Å². The number of imidazole rings is 2. The van der Waals surface area contributed by atoms with E-state index in [-0.39, 0.29) is 41.8 Å². The molecule has 3 atom stereocenters. The highest BCUT2D eigenvalue weighted by Crippen LogP contribution is 2.38. The van der Waals surface area contributed by atoms with Crippen LogP contribution < -0.4 is 31.1 Å². The number of benzene rings is 4. The van der Waals surface area contributed by atoms with E-state index in [0.717, 1.165) is 143 Å². The average molecular weight is 1330 g/mol. The number of anilines is 2. The number of carbonyl (C=O) groups excluding carboxylic acids is 4. The zero-order chi connectivity index (χ0) is 64.4. The Labute approximate surface area is 553 Å². The largest absolute Gasteiger partial charge is 0.370 e. The van der Waals surface area contributed by atoms with Crippen LogP contribution in [0.3, 0.4) is 0 Å². The second kappa shape index (κ2) is 28.9. The van der Waals surface area contributed by atoms with Gasteiger partial charge in [-0.2, -0.15) is 11.8 Å². The summed E-state index contributed by atoms with van der Waals surface area (Å²) in [6.45, 7) is 16.4. The van der Waals surface area contributed by atoms with Gasteiger partial charge in [-0.25, -0.2) is 9.97 Å². The van der Waals surface area contributed by atoms with Crippen molar-refractivity contribution in [1.82, 2.24) is 40.4 Å². The van der Waals surface area contributed by atoms with Crippen molar-refractivity contribution in [3.8, 4) is 0 Å². The maximum Gasteiger partial charge on any atom is 0.253 e. The molecular formula is C68H90Cl4N10O5S2. The van der Waals surface area contributed by atoms with Gasteiger partial charge >= 0.3 is 0 Å². The monoisotopic (exact) mass is 1330 g/mol. The number of hydrogen-bond acceptors (Lipinski definition) is 10. The van der Waals surface area contributed by atoms with Crippen molar-refractivity contribution < 1.29 is 23.4 Å². The van der Waals surface area contributed by atoms with Crippen LogP contribution in [0.2, 0.25) is 20.1 Å². The maximum atomic E-state index is 13.8. The second-order valence-corrected chi connectivity index (χ2v) is 31.8. The molecule has 2 aliphatic carbocycles.